The molecule has 0 bridgehead atoms. The van der Waals surface area contributed by atoms with Gasteiger partial charge >= 0.3 is 0 Å². The van der Waals surface area contributed by atoms with E-state index in [1.807, 2.05) is 24.3 Å². The molecule has 84 valence electrons. The molecule has 0 fully saturated rings. The Morgan fingerprint density at radius 1 is 1.19 bits per heavy atom. The Labute approximate surface area is 100 Å². The third-order valence-electron chi connectivity index (χ3n) is 2.54. The first kappa shape index (κ1) is 11.2. The van der Waals surface area contributed by atoms with Crippen LogP contribution in [0, 0.1) is 0 Å². The second-order valence-corrected chi connectivity index (χ2v) is 4.18. The van der Waals surface area contributed by atoms with Crippen LogP contribution in [0.3, 0.4) is 0 Å². The van der Waals surface area contributed by atoms with Gasteiger partial charge in [-0.2, -0.15) is 0 Å². The van der Waals surface area contributed by atoms with Crippen LogP contribution in [0.25, 0.3) is 10.8 Å². The highest BCUT2D eigenvalue weighted by Gasteiger charge is 2.00. The van der Waals surface area contributed by atoms with Gasteiger partial charge in [0.1, 0.15) is 0 Å². The highest BCUT2D eigenvalue weighted by molar-refractivity contribution is 6.31. The van der Waals surface area contributed by atoms with E-state index >= 15 is 0 Å². The molecule has 0 aliphatic rings. The lowest BCUT2D eigenvalue weighted by atomic mass is 10.1. The summed E-state index contributed by atoms with van der Waals surface area (Å²) in [6.45, 7) is 1.61. The summed E-state index contributed by atoms with van der Waals surface area (Å²) in [6, 6.07) is 12.1. The molecule has 0 aromatic heterocycles. The van der Waals surface area contributed by atoms with Gasteiger partial charge < -0.3 is 11.1 Å². The molecule has 0 spiro atoms. The van der Waals surface area contributed by atoms with Crippen molar-refractivity contribution < 1.29 is 0 Å². The first-order chi connectivity index (χ1) is 7.81. The Morgan fingerprint density at radius 3 is 2.88 bits per heavy atom. The second-order valence-electron chi connectivity index (χ2n) is 3.74. The fourth-order valence-electron chi connectivity index (χ4n) is 1.73. The molecule has 0 amide bonds. The molecule has 2 aromatic carbocycles. The van der Waals surface area contributed by atoms with E-state index in [-0.39, 0.29) is 0 Å². The van der Waals surface area contributed by atoms with E-state index in [1.54, 1.807) is 0 Å². The molecule has 0 saturated carbocycles. The topological polar surface area (TPSA) is 38.0 Å². The predicted molar refractivity (Wildman–Crippen MR) is 71.1 cm³/mol. The van der Waals surface area contributed by atoms with Crippen LogP contribution in [0.2, 0.25) is 5.02 Å². The van der Waals surface area contributed by atoms with Crippen LogP contribution in [0.15, 0.2) is 36.4 Å². The third kappa shape index (κ3) is 2.46. The number of anilines is 1. The summed E-state index contributed by atoms with van der Waals surface area (Å²) in [4.78, 5) is 0. The van der Waals surface area contributed by atoms with Crippen LogP contribution in [0.1, 0.15) is 6.42 Å². The number of fused-ring (bicyclic) bond motifs is 1. The van der Waals surface area contributed by atoms with Crippen LogP contribution >= 0.6 is 11.6 Å². The van der Waals surface area contributed by atoms with Crippen molar-refractivity contribution in [2.45, 2.75) is 6.42 Å². The summed E-state index contributed by atoms with van der Waals surface area (Å²) < 4.78 is 0. The molecule has 0 radical (unpaired) electrons. The fourth-order valence-corrected chi connectivity index (χ4v) is 1.91. The van der Waals surface area contributed by atoms with Crippen LogP contribution in [0.5, 0.6) is 0 Å². The lowest BCUT2D eigenvalue weighted by molar-refractivity contribution is 0.875. The number of nitrogens with two attached hydrogens (primary N) is 1. The molecule has 3 heteroatoms. The van der Waals surface area contributed by atoms with Gasteiger partial charge in [-0.15, -0.1) is 0 Å². The van der Waals surface area contributed by atoms with E-state index in [0.717, 1.165) is 29.1 Å². The van der Waals surface area contributed by atoms with E-state index in [4.69, 9.17) is 17.3 Å². The molecule has 16 heavy (non-hydrogen) atoms. The van der Waals surface area contributed by atoms with Crippen LogP contribution < -0.4 is 11.1 Å². The standard InChI is InChI=1S/C13H15ClN2/c14-11-5-6-12-10(9-11)3-1-4-13(12)16-8-2-7-15/h1,3-6,9,16H,2,7-8,15H2. The number of rotatable bonds is 4. The smallest absolute Gasteiger partial charge is 0.0419 e. The zero-order chi connectivity index (χ0) is 11.4. The zero-order valence-corrected chi connectivity index (χ0v) is 9.80. The Balaban J connectivity index is 2.30. The molecule has 3 N–H and O–H groups in total. The Bertz CT molecular complexity index is 482. The second kappa shape index (κ2) is 5.19. The highest BCUT2D eigenvalue weighted by atomic mass is 35.5. The van der Waals surface area contributed by atoms with Crippen LogP contribution in [-0.4, -0.2) is 13.1 Å². The van der Waals surface area contributed by atoms with E-state index in [9.17, 15) is 0 Å². The fraction of sp³-hybridized carbons (Fsp3) is 0.231. The van der Waals surface area contributed by atoms with Crippen molar-refractivity contribution >= 4 is 28.1 Å². The third-order valence-corrected chi connectivity index (χ3v) is 2.77. The minimum Gasteiger partial charge on any atom is -0.384 e. The first-order valence-corrected chi connectivity index (χ1v) is 5.81. The van der Waals surface area contributed by atoms with Gasteiger partial charge in [0.05, 0.1) is 0 Å². The van der Waals surface area contributed by atoms with E-state index < -0.39 is 0 Å². The lowest BCUT2D eigenvalue weighted by Crippen LogP contribution is -2.08. The summed E-state index contributed by atoms with van der Waals surface area (Å²) in [5.41, 5.74) is 6.61. The number of halogens is 1. The average Bonchev–Trinajstić information content (AvgIpc) is 2.29. The van der Waals surface area contributed by atoms with Gasteiger partial charge in [-0.05, 0) is 36.6 Å². The van der Waals surface area contributed by atoms with Gasteiger partial charge in [-0.3, -0.25) is 0 Å². The lowest BCUT2D eigenvalue weighted by Gasteiger charge is -2.09. The summed E-state index contributed by atoms with van der Waals surface area (Å²) in [5.74, 6) is 0. The monoisotopic (exact) mass is 234 g/mol. The zero-order valence-electron chi connectivity index (χ0n) is 9.04. The number of benzene rings is 2. The molecule has 0 unspecified atom stereocenters. The maximum absolute atomic E-state index is 5.96. The molecule has 2 nitrogen and oxygen atoms in total. The minimum absolute atomic E-state index is 0.712. The van der Waals surface area contributed by atoms with Crippen LogP contribution in [-0.2, 0) is 0 Å². The summed E-state index contributed by atoms with van der Waals surface area (Å²) in [5, 5.41) is 6.51. The van der Waals surface area contributed by atoms with Crippen molar-refractivity contribution in [1.82, 2.24) is 0 Å². The predicted octanol–water partition coefficient (Wildman–Crippen LogP) is 3.25. The molecule has 0 aliphatic heterocycles. The summed E-state index contributed by atoms with van der Waals surface area (Å²) in [6.07, 6.45) is 0.976. The number of hydrogen-bond acceptors (Lipinski definition) is 2. The summed E-state index contributed by atoms with van der Waals surface area (Å²) in [7, 11) is 0. The largest absolute Gasteiger partial charge is 0.384 e. The molecule has 0 aliphatic carbocycles. The van der Waals surface area contributed by atoms with Crippen molar-refractivity contribution in [3.05, 3.63) is 41.4 Å². The van der Waals surface area contributed by atoms with Gasteiger partial charge in [0.25, 0.3) is 0 Å². The van der Waals surface area contributed by atoms with Crippen molar-refractivity contribution in [3.8, 4) is 0 Å². The van der Waals surface area contributed by atoms with E-state index in [0.29, 0.717) is 6.54 Å². The van der Waals surface area contributed by atoms with Crippen molar-refractivity contribution in [1.29, 1.82) is 0 Å². The number of hydrogen-bond donors (Lipinski definition) is 2. The molecular weight excluding hydrogens is 220 g/mol. The first-order valence-electron chi connectivity index (χ1n) is 5.43. The molecule has 0 atom stereocenters. The SMILES string of the molecule is NCCCNc1cccc2cc(Cl)ccc12. The average molecular weight is 235 g/mol. The van der Waals surface area contributed by atoms with Crippen molar-refractivity contribution in [2.75, 3.05) is 18.4 Å². The van der Waals surface area contributed by atoms with Gasteiger partial charge in [0, 0.05) is 22.6 Å². The molecule has 0 heterocycles. The van der Waals surface area contributed by atoms with Gasteiger partial charge in [0.2, 0.25) is 0 Å². The Kier molecular flexibility index (Phi) is 3.65. The van der Waals surface area contributed by atoms with Crippen molar-refractivity contribution in [2.24, 2.45) is 5.73 Å². The number of nitrogens with one attached hydrogen (secondary N) is 1. The maximum Gasteiger partial charge on any atom is 0.0419 e. The van der Waals surface area contributed by atoms with Crippen molar-refractivity contribution in [3.63, 3.8) is 0 Å². The quantitative estimate of drug-likeness (QED) is 0.797. The van der Waals surface area contributed by atoms with E-state index in [2.05, 4.69) is 17.4 Å². The minimum atomic E-state index is 0.712. The highest BCUT2D eigenvalue weighted by Crippen LogP contribution is 2.25. The van der Waals surface area contributed by atoms with Gasteiger partial charge in [-0.1, -0.05) is 29.8 Å². The van der Waals surface area contributed by atoms with Gasteiger partial charge in [-0.25, -0.2) is 0 Å². The van der Waals surface area contributed by atoms with Crippen LogP contribution in [0.4, 0.5) is 5.69 Å². The maximum atomic E-state index is 5.96. The summed E-state index contributed by atoms with van der Waals surface area (Å²) >= 11 is 5.96. The Morgan fingerprint density at radius 2 is 2.06 bits per heavy atom. The molecular formula is C13H15ClN2. The Hall–Kier alpha value is -1.25. The van der Waals surface area contributed by atoms with Gasteiger partial charge in [0.15, 0.2) is 0 Å². The van der Waals surface area contributed by atoms with E-state index in [1.165, 1.54) is 5.39 Å². The molecule has 0 saturated heterocycles. The molecule has 2 aromatic rings. The molecule has 2 rings (SSSR count). The normalized spacial score (nSPS) is 10.6.